The maximum Gasteiger partial charge on any atom is 0.267 e. The molecule has 0 saturated carbocycles. The van der Waals surface area contributed by atoms with E-state index in [1.807, 2.05) is 32.0 Å². The van der Waals surface area contributed by atoms with E-state index in [1.54, 1.807) is 19.1 Å². The third-order valence-electron chi connectivity index (χ3n) is 3.97. The number of halogens is 1. The number of anilines is 1. The molecule has 0 aliphatic heterocycles. The summed E-state index contributed by atoms with van der Waals surface area (Å²) in [4.78, 5) is 17.3. The smallest absolute Gasteiger partial charge is 0.267 e. The number of hydrogen-bond acceptors (Lipinski definition) is 4. The number of hydrogen-bond donors (Lipinski definition) is 1. The third-order valence-corrected chi connectivity index (χ3v) is 5.10. The Morgan fingerprint density at radius 2 is 1.96 bits per heavy atom. The summed E-state index contributed by atoms with van der Waals surface area (Å²) in [5.41, 5.74) is 3.41. The van der Waals surface area contributed by atoms with Crippen LogP contribution in [0.15, 0.2) is 42.5 Å². The van der Waals surface area contributed by atoms with Gasteiger partial charge >= 0.3 is 0 Å². The molecule has 0 aliphatic rings. The Bertz CT molecular complexity index is 953. The van der Waals surface area contributed by atoms with Gasteiger partial charge in [-0.1, -0.05) is 12.1 Å². The number of aryl methyl sites for hydroxylation is 3. The Labute approximate surface area is 155 Å². The van der Waals surface area contributed by atoms with Gasteiger partial charge in [0.15, 0.2) is 0 Å². The predicted octanol–water partition coefficient (Wildman–Crippen LogP) is 5.04. The van der Waals surface area contributed by atoms with Crippen molar-refractivity contribution in [2.24, 2.45) is 0 Å². The first kappa shape index (κ1) is 18.1. The van der Waals surface area contributed by atoms with E-state index in [2.05, 4.69) is 10.3 Å². The van der Waals surface area contributed by atoms with Gasteiger partial charge in [-0.25, -0.2) is 9.37 Å². The highest BCUT2D eigenvalue weighted by atomic mass is 32.1. The predicted molar refractivity (Wildman–Crippen MR) is 101 cm³/mol. The summed E-state index contributed by atoms with van der Waals surface area (Å²) in [6.45, 7) is 6.15. The molecule has 0 bridgehead atoms. The van der Waals surface area contributed by atoms with Crippen LogP contribution in [0, 0.1) is 26.6 Å². The Hall–Kier alpha value is -2.73. The molecule has 2 aromatic carbocycles. The van der Waals surface area contributed by atoms with Crippen LogP contribution >= 0.6 is 11.3 Å². The molecule has 0 aliphatic carbocycles. The minimum Gasteiger partial charge on any atom is -0.486 e. The molecule has 1 N–H and O–H groups in total. The molecule has 1 heterocycles. The van der Waals surface area contributed by atoms with Gasteiger partial charge in [-0.2, -0.15) is 0 Å². The van der Waals surface area contributed by atoms with Gasteiger partial charge in [0.1, 0.15) is 28.1 Å². The summed E-state index contributed by atoms with van der Waals surface area (Å²) in [5, 5.41) is 3.40. The van der Waals surface area contributed by atoms with E-state index >= 15 is 0 Å². The number of ether oxygens (including phenoxy) is 1. The first-order valence-corrected chi connectivity index (χ1v) is 8.97. The first-order chi connectivity index (χ1) is 12.4. The summed E-state index contributed by atoms with van der Waals surface area (Å²) in [5.74, 6) is 0.0704. The SMILES string of the molecule is Cc1ccc(OCc2nc(C)c(C(=O)Nc3cccc(F)c3)s2)cc1C. The van der Waals surface area contributed by atoms with E-state index < -0.39 is 5.82 Å². The maximum absolute atomic E-state index is 13.2. The summed E-state index contributed by atoms with van der Waals surface area (Å²) in [6, 6.07) is 11.7. The maximum atomic E-state index is 13.2. The van der Waals surface area contributed by atoms with E-state index in [1.165, 1.54) is 29.0 Å². The van der Waals surface area contributed by atoms with Crippen molar-refractivity contribution in [1.82, 2.24) is 4.98 Å². The highest BCUT2D eigenvalue weighted by molar-refractivity contribution is 7.13. The highest BCUT2D eigenvalue weighted by Gasteiger charge is 2.16. The normalized spacial score (nSPS) is 10.6. The Kier molecular flexibility index (Phi) is 5.32. The van der Waals surface area contributed by atoms with Crippen LogP contribution in [0.4, 0.5) is 10.1 Å². The molecule has 6 heteroatoms. The van der Waals surface area contributed by atoms with Crippen molar-refractivity contribution in [1.29, 1.82) is 0 Å². The zero-order valence-electron chi connectivity index (χ0n) is 14.8. The number of amides is 1. The molecule has 0 unspecified atom stereocenters. The van der Waals surface area contributed by atoms with Gasteiger partial charge in [-0.15, -0.1) is 11.3 Å². The molecule has 26 heavy (non-hydrogen) atoms. The number of carbonyl (C=O) groups is 1. The second-order valence-corrected chi connectivity index (χ2v) is 7.10. The fraction of sp³-hybridized carbons (Fsp3) is 0.200. The number of carbonyl (C=O) groups excluding carboxylic acids is 1. The van der Waals surface area contributed by atoms with Crippen LogP contribution in [0.3, 0.4) is 0 Å². The minimum absolute atomic E-state index is 0.293. The summed E-state index contributed by atoms with van der Waals surface area (Å²) in [6.07, 6.45) is 0. The van der Waals surface area contributed by atoms with Crippen molar-refractivity contribution in [2.75, 3.05) is 5.32 Å². The number of nitrogens with zero attached hydrogens (tertiary/aromatic N) is 1. The van der Waals surface area contributed by atoms with E-state index in [4.69, 9.17) is 4.74 Å². The number of benzene rings is 2. The fourth-order valence-electron chi connectivity index (χ4n) is 2.43. The number of rotatable bonds is 5. The van der Waals surface area contributed by atoms with Crippen LogP contribution in [0.1, 0.15) is 31.5 Å². The highest BCUT2D eigenvalue weighted by Crippen LogP contribution is 2.23. The lowest BCUT2D eigenvalue weighted by Crippen LogP contribution is -2.11. The van der Waals surface area contributed by atoms with Gasteiger partial charge in [0.05, 0.1) is 5.69 Å². The zero-order valence-corrected chi connectivity index (χ0v) is 15.6. The summed E-state index contributed by atoms with van der Waals surface area (Å²) >= 11 is 1.28. The first-order valence-electron chi connectivity index (χ1n) is 8.15. The van der Waals surface area contributed by atoms with Crippen molar-refractivity contribution in [2.45, 2.75) is 27.4 Å². The molecule has 0 atom stereocenters. The van der Waals surface area contributed by atoms with Crippen molar-refractivity contribution >= 4 is 22.9 Å². The fourth-order valence-corrected chi connectivity index (χ4v) is 3.30. The second kappa shape index (κ2) is 7.66. The van der Waals surface area contributed by atoms with Gasteiger partial charge < -0.3 is 10.1 Å². The lowest BCUT2D eigenvalue weighted by atomic mass is 10.1. The Morgan fingerprint density at radius 3 is 2.69 bits per heavy atom. The lowest BCUT2D eigenvalue weighted by Gasteiger charge is -2.06. The topological polar surface area (TPSA) is 51.2 Å². The van der Waals surface area contributed by atoms with Gasteiger partial charge in [0.25, 0.3) is 5.91 Å². The molecule has 0 fully saturated rings. The van der Waals surface area contributed by atoms with Gasteiger partial charge in [-0.05, 0) is 62.2 Å². The van der Waals surface area contributed by atoms with E-state index in [0.29, 0.717) is 27.9 Å². The molecule has 0 radical (unpaired) electrons. The van der Waals surface area contributed by atoms with Crippen LogP contribution in [0.25, 0.3) is 0 Å². The molecule has 3 aromatic rings. The average Bonchev–Trinajstić information content (AvgIpc) is 2.97. The molecule has 0 saturated heterocycles. The number of thiazole rings is 1. The molecule has 4 nitrogen and oxygen atoms in total. The molecule has 3 rings (SSSR count). The standard InChI is InChI=1S/C20H19FN2O2S/c1-12-7-8-17(9-13(12)2)25-11-18-22-14(3)19(26-18)20(24)23-16-6-4-5-15(21)10-16/h4-10H,11H2,1-3H3,(H,23,24). The van der Waals surface area contributed by atoms with E-state index in [0.717, 1.165) is 11.3 Å². The third kappa shape index (κ3) is 4.26. The molecular formula is C20H19FN2O2S. The van der Waals surface area contributed by atoms with Crippen LogP contribution in [-0.4, -0.2) is 10.9 Å². The van der Waals surface area contributed by atoms with Crippen molar-refractivity contribution < 1.29 is 13.9 Å². The second-order valence-electron chi connectivity index (χ2n) is 6.02. The lowest BCUT2D eigenvalue weighted by molar-refractivity contribution is 0.103. The largest absolute Gasteiger partial charge is 0.486 e. The van der Waals surface area contributed by atoms with E-state index in [9.17, 15) is 9.18 Å². The molecular weight excluding hydrogens is 351 g/mol. The van der Waals surface area contributed by atoms with Gasteiger partial charge in [0, 0.05) is 5.69 Å². The van der Waals surface area contributed by atoms with Gasteiger partial charge in [0.2, 0.25) is 0 Å². The Morgan fingerprint density at radius 1 is 1.15 bits per heavy atom. The number of nitrogens with one attached hydrogen (secondary N) is 1. The van der Waals surface area contributed by atoms with Crippen LogP contribution in [-0.2, 0) is 6.61 Å². The van der Waals surface area contributed by atoms with Crippen LogP contribution < -0.4 is 10.1 Å². The average molecular weight is 370 g/mol. The van der Waals surface area contributed by atoms with Crippen molar-refractivity contribution in [3.63, 3.8) is 0 Å². The molecule has 0 spiro atoms. The monoisotopic (exact) mass is 370 g/mol. The molecule has 134 valence electrons. The molecule has 1 amide bonds. The summed E-state index contributed by atoms with van der Waals surface area (Å²) in [7, 11) is 0. The molecule has 1 aromatic heterocycles. The zero-order chi connectivity index (χ0) is 18.7. The number of aromatic nitrogens is 1. The van der Waals surface area contributed by atoms with Crippen molar-refractivity contribution in [3.05, 3.63) is 75.0 Å². The van der Waals surface area contributed by atoms with Crippen molar-refractivity contribution in [3.8, 4) is 5.75 Å². The van der Waals surface area contributed by atoms with E-state index in [-0.39, 0.29) is 5.91 Å². The summed E-state index contributed by atoms with van der Waals surface area (Å²) < 4.78 is 19.0. The van der Waals surface area contributed by atoms with Gasteiger partial charge in [-0.3, -0.25) is 4.79 Å². The Balaban J connectivity index is 1.68. The van der Waals surface area contributed by atoms with Crippen LogP contribution in [0.2, 0.25) is 0 Å². The van der Waals surface area contributed by atoms with Crippen LogP contribution in [0.5, 0.6) is 5.75 Å². The quantitative estimate of drug-likeness (QED) is 0.685. The minimum atomic E-state index is -0.397.